The minimum absolute atomic E-state index is 0.706. The summed E-state index contributed by atoms with van der Waals surface area (Å²) in [6.07, 6.45) is 6.79. The number of rotatable bonds is 3. The summed E-state index contributed by atoms with van der Waals surface area (Å²) in [6.45, 7) is 0. The van der Waals surface area contributed by atoms with Gasteiger partial charge in [-0.3, -0.25) is 0 Å². The van der Waals surface area contributed by atoms with Crippen LogP contribution in [0.3, 0.4) is 0 Å². The minimum atomic E-state index is 0.706. The molecule has 0 aromatic heterocycles. The van der Waals surface area contributed by atoms with Crippen LogP contribution in [-0.2, 0) is 5.75 Å². The fourth-order valence-corrected chi connectivity index (χ4v) is 3.57. The molecule has 1 aliphatic rings. The quantitative estimate of drug-likeness (QED) is 0.705. The van der Waals surface area contributed by atoms with Crippen molar-refractivity contribution in [3.8, 4) is 0 Å². The average molecular weight is 250 g/mol. The molecule has 16 heavy (non-hydrogen) atoms. The summed E-state index contributed by atoms with van der Waals surface area (Å²) in [5, 5.41) is 0. The van der Waals surface area contributed by atoms with E-state index in [0.29, 0.717) is 5.92 Å². The predicted octanol–water partition coefficient (Wildman–Crippen LogP) is 4.83. The zero-order chi connectivity index (χ0) is 11.2. The van der Waals surface area contributed by atoms with Crippen LogP contribution in [0, 0.1) is 5.92 Å². The molecule has 2 rings (SSSR count). The zero-order valence-electron chi connectivity index (χ0n) is 9.52. The van der Waals surface area contributed by atoms with Crippen LogP contribution in [0.5, 0.6) is 0 Å². The summed E-state index contributed by atoms with van der Waals surface area (Å²) in [4.78, 5) is 0. The molecular formula is C14H18S2. The number of hydrogen-bond donors (Lipinski definition) is 0. The molecule has 0 radical (unpaired) electrons. The van der Waals surface area contributed by atoms with Gasteiger partial charge in [0.1, 0.15) is 0 Å². The zero-order valence-corrected chi connectivity index (χ0v) is 11.2. The van der Waals surface area contributed by atoms with Crippen LogP contribution in [0.1, 0.15) is 37.7 Å². The summed E-state index contributed by atoms with van der Waals surface area (Å²) >= 11 is 7.40. The smallest absolute Gasteiger partial charge is 0.0512 e. The molecule has 1 aromatic rings. The lowest BCUT2D eigenvalue weighted by molar-refractivity contribution is 0.446. The number of benzene rings is 1. The second-order valence-corrected chi connectivity index (χ2v) is 6.14. The monoisotopic (exact) mass is 250 g/mol. The highest BCUT2D eigenvalue weighted by atomic mass is 32.2. The molecule has 86 valence electrons. The highest BCUT2D eigenvalue weighted by molar-refractivity contribution is 8.22. The lowest BCUT2D eigenvalue weighted by Crippen LogP contribution is -2.13. The van der Waals surface area contributed by atoms with Crippen molar-refractivity contribution in [2.24, 2.45) is 5.92 Å². The third kappa shape index (κ3) is 3.60. The predicted molar refractivity (Wildman–Crippen MR) is 76.9 cm³/mol. The van der Waals surface area contributed by atoms with Gasteiger partial charge in [0.05, 0.1) is 4.20 Å². The van der Waals surface area contributed by atoms with Crippen LogP contribution in [0.15, 0.2) is 30.3 Å². The lowest BCUT2D eigenvalue weighted by atomic mass is 9.91. The molecule has 0 unspecified atom stereocenters. The second kappa shape index (κ2) is 6.41. The minimum Gasteiger partial charge on any atom is -0.114 e. The van der Waals surface area contributed by atoms with E-state index in [0.717, 1.165) is 5.75 Å². The molecule has 0 saturated heterocycles. The maximum absolute atomic E-state index is 5.54. The molecule has 0 N–H and O–H groups in total. The van der Waals surface area contributed by atoms with E-state index in [1.807, 2.05) is 11.8 Å². The van der Waals surface area contributed by atoms with Gasteiger partial charge in [-0.05, 0) is 18.4 Å². The summed E-state index contributed by atoms with van der Waals surface area (Å²) in [7, 11) is 0. The Hall–Kier alpha value is -0.340. The standard InChI is InChI=1S/C14H18S2/c15-14(13-9-5-2-6-10-13)16-11-12-7-3-1-4-8-12/h1,3-4,7-8,13H,2,5-6,9-11H2. The van der Waals surface area contributed by atoms with Gasteiger partial charge in [-0.1, -0.05) is 61.8 Å². The maximum Gasteiger partial charge on any atom is 0.0512 e. The normalized spacial score (nSPS) is 17.2. The number of thioether (sulfide) groups is 1. The summed E-state index contributed by atoms with van der Waals surface area (Å²) < 4.78 is 1.24. The van der Waals surface area contributed by atoms with E-state index < -0.39 is 0 Å². The van der Waals surface area contributed by atoms with Gasteiger partial charge in [0.15, 0.2) is 0 Å². The molecule has 2 heteroatoms. The van der Waals surface area contributed by atoms with Gasteiger partial charge >= 0.3 is 0 Å². The van der Waals surface area contributed by atoms with Crippen molar-refractivity contribution >= 4 is 28.2 Å². The van der Waals surface area contributed by atoms with E-state index in [2.05, 4.69) is 30.3 Å². The first-order valence-corrected chi connectivity index (χ1v) is 7.46. The van der Waals surface area contributed by atoms with Crippen LogP contribution in [-0.4, -0.2) is 4.20 Å². The second-order valence-electron chi connectivity index (χ2n) is 4.43. The summed E-state index contributed by atoms with van der Waals surface area (Å²) in [5.74, 6) is 1.74. The van der Waals surface area contributed by atoms with Gasteiger partial charge in [-0.2, -0.15) is 0 Å². The van der Waals surface area contributed by atoms with E-state index in [9.17, 15) is 0 Å². The Balaban J connectivity index is 1.79. The Morgan fingerprint density at radius 3 is 2.50 bits per heavy atom. The third-order valence-corrected chi connectivity index (χ3v) is 4.94. The van der Waals surface area contributed by atoms with Crippen LogP contribution in [0.25, 0.3) is 0 Å². The molecule has 0 nitrogen and oxygen atoms in total. The lowest BCUT2D eigenvalue weighted by Gasteiger charge is -2.21. The first kappa shape index (κ1) is 12.1. The average Bonchev–Trinajstić information content (AvgIpc) is 2.38. The van der Waals surface area contributed by atoms with Gasteiger partial charge in [-0.15, -0.1) is 11.8 Å². The van der Waals surface area contributed by atoms with E-state index in [1.54, 1.807) is 0 Å². The van der Waals surface area contributed by atoms with Crippen LogP contribution >= 0.6 is 24.0 Å². The van der Waals surface area contributed by atoms with Gasteiger partial charge in [-0.25, -0.2) is 0 Å². The van der Waals surface area contributed by atoms with Gasteiger partial charge in [0.25, 0.3) is 0 Å². The third-order valence-electron chi connectivity index (χ3n) is 3.16. The molecule has 1 aromatic carbocycles. The van der Waals surface area contributed by atoms with Gasteiger partial charge in [0.2, 0.25) is 0 Å². The molecular weight excluding hydrogens is 232 g/mol. The van der Waals surface area contributed by atoms with Crippen LogP contribution in [0.2, 0.25) is 0 Å². The van der Waals surface area contributed by atoms with Crippen molar-refractivity contribution in [1.82, 2.24) is 0 Å². The largest absolute Gasteiger partial charge is 0.114 e. The Labute approximate surface area is 108 Å². The highest BCUT2D eigenvalue weighted by Gasteiger charge is 2.17. The van der Waals surface area contributed by atoms with E-state index in [-0.39, 0.29) is 0 Å². The Morgan fingerprint density at radius 2 is 1.81 bits per heavy atom. The van der Waals surface area contributed by atoms with E-state index in [1.165, 1.54) is 41.9 Å². The molecule has 0 atom stereocenters. The molecule has 0 heterocycles. The fourth-order valence-electron chi connectivity index (χ4n) is 2.18. The van der Waals surface area contributed by atoms with Crippen molar-refractivity contribution in [3.63, 3.8) is 0 Å². The van der Waals surface area contributed by atoms with Crippen LogP contribution < -0.4 is 0 Å². The van der Waals surface area contributed by atoms with Crippen molar-refractivity contribution < 1.29 is 0 Å². The van der Waals surface area contributed by atoms with Crippen LogP contribution in [0.4, 0.5) is 0 Å². The number of hydrogen-bond acceptors (Lipinski definition) is 2. The Morgan fingerprint density at radius 1 is 1.12 bits per heavy atom. The Bertz CT molecular complexity index is 326. The molecule has 1 fully saturated rings. The van der Waals surface area contributed by atoms with Gasteiger partial charge in [0, 0.05) is 11.7 Å². The molecule has 0 spiro atoms. The Kier molecular flexibility index (Phi) is 4.86. The topological polar surface area (TPSA) is 0 Å². The maximum atomic E-state index is 5.54. The number of thiocarbonyl (C=S) groups is 1. The molecule has 1 aliphatic carbocycles. The fraction of sp³-hybridized carbons (Fsp3) is 0.500. The molecule has 1 saturated carbocycles. The first-order valence-electron chi connectivity index (χ1n) is 6.07. The SMILES string of the molecule is S=C(SCc1ccccc1)C1CCCCC1. The van der Waals surface area contributed by atoms with Crippen molar-refractivity contribution in [3.05, 3.63) is 35.9 Å². The van der Waals surface area contributed by atoms with E-state index in [4.69, 9.17) is 12.2 Å². The van der Waals surface area contributed by atoms with Crippen molar-refractivity contribution in [2.45, 2.75) is 37.9 Å². The summed E-state index contributed by atoms with van der Waals surface area (Å²) in [6, 6.07) is 10.6. The summed E-state index contributed by atoms with van der Waals surface area (Å²) in [5.41, 5.74) is 1.38. The molecule has 0 bridgehead atoms. The molecule has 0 aliphatic heterocycles. The first-order chi connectivity index (χ1) is 7.86. The van der Waals surface area contributed by atoms with Crippen molar-refractivity contribution in [1.29, 1.82) is 0 Å². The molecule has 0 amide bonds. The van der Waals surface area contributed by atoms with E-state index >= 15 is 0 Å². The van der Waals surface area contributed by atoms with Gasteiger partial charge < -0.3 is 0 Å². The highest BCUT2D eigenvalue weighted by Crippen LogP contribution is 2.30. The van der Waals surface area contributed by atoms with Crippen molar-refractivity contribution in [2.75, 3.05) is 0 Å².